The second-order valence-corrected chi connectivity index (χ2v) is 9.74. The van der Waals surface area contributed by atoms with Crippen molar-refractivity contribution in [2.24, 2.45) is 5.92 Å². The van der Waals surface area contributed by atoms with Crippen LogP contribution in [0.2, 0.25) is 0 Å². The molecule has 3 rings (SSSR count). The Kier molecular flexibility index (Phi) is 6.11. The first kappa shape index (κ1) is 19.8. The topological polar surface area (TPSA) is 67.3 Å². The molecule has 0 N–H and O–H groups in total. The first-order valence-corrected chi connectivity index (χ1v) is 11.9. The van der Waals surface area contributed by atoms with E-state index in [1.54, 1.807) is 35.2 Å². The van der Waals surface area contributed by atoms with Crippen molar-refractivity contribution in [2.75, 3.05) is 17.7 Å². The lowest BCUT2D eigenvalue weighted by Crippen LogP contribution is -2.37. The molecule has 0 radical (unpaired) electrons. The van der Waals surface area contributed by atoms with Gasteiger partial charge in [-0.15, -0.1) is 17.9 Å². The minimum absolute atomic E-state index is 0.0695. The number of carbonyl (C=O) groups excluding carboxylic acids is 1. The predicted molar refractivity (Wildman–Crippen MR) is 110 cm³/mol. The molecule has 0 aliphatic heterocycles. The summed E-state index contributed by atoms with van der Waals surface area (Å²) in [5, 5.41) is 2.56. The number of anilines is 1. The van der Waals surface area contributed by atoms with Crippen molar-refractivity contribution in [3.8, 4) is 11.3 Å². The van der Waals surface area contributed by atoms with E-state index in [9.17, 15) is 13.2 Å². The third-order valence-corrected chi connectivity index (χ3v) is 6.83. The maximum absolute atomic E-state index is 13.0. The molecule has 1 saturated carbocycles. The summed E-state index contributed by atoms with van der Waals surface area (Å²) in [5.41, 5.74) is 1.56. The van der Waals surface area contributed by atoms with Crippen LogP contribution in [0.15, 0.2) is 47.2 Å². The molecule has 1 aliphatic rings. The Morgan fingerprint density at radius 3 is 2.52 bits per heavy atom. The number of nitrogens with zero attached hydrogens (tertiary/aromatic N) is 2. The summed E-state index contributed by atoms with van der Waals surface area (Å²) in [4.78, 5) is 19.6. The molecule has 1 fully saturated rings. The summed E-state index contributed by atoms with van der Waals surface area (Å²) in [6.45, 7) is 4.22. The quantitative estimate of drug-likeness (QED) is 0.673. The molecular formula is C20H24N2O3S2. The average molecular weight is 405 g/mol. The Bertz CT molecular complexity index is 911. The third-order valence-electron chi connectivity index (χ3n) is 4.83. The van der Waals surface area contributed by atoms with E-state index in [0.29, 0.717) is 11.7 Å². The molecule has 144 valence electrons. The highest BCUT2D eigenvalue weighted by Gasteiger charge is 2.28. The molecule has 0 spiro atoms. The van der Waals surface area contributed by atoms with Crippen molar-refractivity contribution >= 4 is 32.2 Å². The summed E-state index contributed by atoms with van der Waals surface area (Å²) in [7, 11) is -3.22. The summed E-state index contributed by atoms with van der Waals surface area (Å²) in [5.74, 6) is 0.197. The molecule has 7 heteroatoms. The number of rotatable bonds is 6. The standard InChI is InChI=1S/C20H24N2O3S2/c1-3-13-22(19(23)16-7-5-4-6-8-16)20-21-18(14-26-20)15-9-11-17(12-10-15)27(2,24)25/h3,9-12,14,16H,1,4-8,13H2,2H3. The maximum atomic E-state index is 13.0. The fourth-order valence-electron chi connectivity index (χ4n) is 3.36. The smallest absolute Gasteiger partial charge is 0.232 e. The zero-order chi connectivity index (χ0) is 19.4. The molecule has 5 nitrogen and oxygen atoms in total. The second kappa shape index (κ2) is 8.35. The van der Waals surface area contributed by atoms with Gasteiger partial charge in [0, 0.05) is 29.7 Å². The van der Waals surface area contributed by atoms with Crippen molar-refractivity contribution in [2.45, 2.75) is 37.0 Å². The van der Waals surface area contributed by atoms with Gasteiger partial charge in [-0.2, -0.15) is 0 Å². The minimum atomic E-state index is -3.22. The number of hydrogen-bond donors (Lipinski definition) is 0. The van der Waals surface area contributed by atoms with Crippen LogP contribution in [0.5, 0.6) is 0 Å². The van der Waals surface area contributed by atoms with E-state index in [1.165, 1.54) is 24.0 Å². The normalized spacial score (nSPS) is 15.4. The Labute approximate surface area is 164 Å². The molecule has 0 unspecified atom stereocenters. The molecular weight excluding hydrogens is 380 g/mol. The highest BCUT2D eigenvalue weighted by Crippen LogP contribution is 2.31. The summed E-state index contributed by atoms with van der Waals surface area (Å²) < 4.78 is 23.2. The lowest BCUT2D eigenvalue weighted by Gasteiger charge is -2.26. The van der Waals surface area contributed by atoms with Gasteiger partial charge in [-0.3, -0.25) is 9.69 Å². The van der Waals surface area contributed by atoms with Crippen molar-refractivity contribution in [1.29, 1.82) is 0 Å². The predicted octanol–water partition coefficient (Wildman–Crippen LogP) is 4.31. The zero-order valence-corrected chi connectivity index (χ0v) is 17.1. The lowest BCUT2D eigenvalue weighted by atomic mass is 9.88. The molecule has 1 heterocycles. The van der Waals surface area contributed by atoms with Crippen LogP contribution < -0.4 is 4.90 Å². The van der Waals surface area contributed by atoms with Gasteiger partial charge in [-0.1, -0.05) is 37.5 Å². The van der Waals surface area contributed by atoms with E-state index in [0.717, 1.165) is 36.9 Å². The molecule has 1 aliphatic carbocycles. The van der Waals surface area contributed by atoms with E-state index < -0.39 is 9.84 Å². The number of sulfone groups is 1. The Morgan fingerprint density at radius 1 is 1.26 bits per heavy atom. The van der Waals surface area contributed by atoms with Crippen LogP contribution in [0, 0.1) is 5.92 Å². The van der Waals surface area contributed by atoms with Crippen LogP contribution in [0.1, 0.15) is 32.1 Å². The van der Waals surface area contributed by atoms with Gasteiger partial charge in [0.2, 0.25) is 5.91 Å². The van der Waals surface area contributed by atoms with Gasteiger partial charge in [0.25, 0.3) is 0 Å². The van der Waals surface area contributed by atoms with Gasteiger partial charge in [0.15, 0.2) is 15.0 Å². The number of hydrogen-bond acceptors (Lipinski definition) is 5. The van der Waals surface area contributed by atoms with Crippen LogP contribution in [0.3, 0.4) is 0 Å². The molecule has 0 saturated heterocycles. The van der Waals surface area contributed by atoms with Gasteiger partial charge < -0.3 is 0 Å². The monoisotopic (exact) mass is 404 g/mol. The largest absolute Gasteiger partial charge is 0.284 e. The SMILES string of the molecule is C=CCN(C(=O)C1CCCCC1)c1nc(-c2ccc(S(C)(=O)=O)cc2)cs1. The van der Waals surface area contributed by atoms with Crippen molar-refractivity contribution in [3.63, 3.8) is 0 Å². The minimum Gasteiger partial charge on any atom is -0.284 e. The number of benzene rings is 1. The zero-order valence-electron chi connectivity index (χ0n) is 15.4. The van der Waals surface area contributed by atoms with E-state index in [1.807, 2.05) is 5.38 Å². The van der Waals surface area contributed by atoms with Crippen LogP contribution in [0.4, 0.5) is 5.13 Å². The first-order valence-electron chi connectivity index (χ1n) is 9.08. The Hall–Kier alpha value is -1.99. The fraction of sp³-hybridized carbons (Fsp3) is 0.400. The van der Waals surface area contributed by atoms with Crippen LogP contribution >= 0.6 is 11.3 Å². The molecule has 0 bridgehead atoms. The Balaban J connectivity index is 1.83. The van der Waals surface area contributed by atoms with Crippen LogP contribution in [-0.2, 0) is 14.6 Å². The van der Waals surface area contributed by atoms with Gasteiger partial charge >= 0.3 is 0 Å². The Morgan fingerprint density at radius 2 is 1.93 bits per heavy atom. The molecule has 1 amide bonds. The number of carbonyl (C=O) groups is 1. The van der Waals surface area contributed by atoms with Crippen molar-refractivity contribution in [3.05, 3.63) is 42.3 Å². The van der Waals surface area contributed by atoms with Gasteiger partial charge in [-0.05, 0) is 25.0 Å². The highest BCUT2D eigenvalue weighted by atomic mass is 32.2. The van der Waals surface area contributed by atoms with Gasteiger partial charge in [-0.25, -0.2) is 13.4 Å². The lowest BCUT2D eigenvalue weighted by molar-refractivity contribution is -0.123. The van der Waals surface area contributed by atoms with Crippen molar-refractivity contribution in [1.82, 2.24) is 4.98 Å². The highest BCUT2D eigenvalue weighted by molar-refractivity contribution is 7.90. The van der Waals surface area contributed by atoms with E-state index >= 15 is 0 Å². The van der Waals surface area contributed by atoms with Crippen LogP contribution in [0.25, 0.3) is 11.3 Å². The summed E-state index contributed by atoms with van der Waals surface area (Å²) in [6.07, 6.45) is 8.21. The second-order valence-electron chi connectivity index (χ2n) is 6.88. The number of aromatic nitrogens is 1. The van der Waals surface area contributed by atoms with E-state index in [-0.39, 0.29) is 16.7 Å². The fourth-order valence-corrected chi connectivity index (χ4v) is 4.83. The van der Waals surface area contributed by atoms with Gasteiger partial charge in [0.1, 0.15) is 0 Å². The van der Waals surface area contributed by atoms with E-state index in [2.05, 4.69) is 11.6 Å². The molecule has 1 aromatic heterocycles. The van der Waals surface area contributed by atoms with E-state index in [4.69, 9.17) is 0 Å². The number of amides is 1. The summed E-state index contributed by atoms with van der Waals surface area (Å²) >= 11 is 1.42. The third kappa shape index (κ3) is 4.65. The van der Waals surface area contributed by atoms with Crippen molar-refractivity contribution < 1.29 is 13.2 Å². The van der Waals surface area contributed by atoms with Crippen LogP contribution in [-0.4, -0.2) is 32.1 Å². The number of thiazole rings is 1. The van der Waals surface area contributed by atoms with Gasteiger partial charge in [0.05, 0.1) is 10.6 Å². The molecule has 2 aromatic rings. The summed E-state index contributed by atoms with van der Waals surface area (Å²) in [6, 6.07) is 6.66. The first-order chi connectivity index (χ1) is 12.9. The maximum Gasteiger partial charge on any atom is 0.232 e. The molecule has 1 aromatic carbocycles. The average Bonchev–Trinajstić information content (AvgIpc) is 3.15. The molecule has 27 heavy (non-hydrogen) atoms. The molecule has 0 atom stereocenters.